The first-order valence-corrected chi connectivity index (χ1v) is 13.0. The maximum Gasteiger partial charge on any atom is 0.270 e. The zero-order valence-corrected chi connectivity index (χ0v) is 20.1. The van der Waals surface area contributed by atoms with Gasteiger partial charge in [0.2, 0.25) is 0 Å². The van der Waals surface area contributed by atoms with Crippen molar-refractivity contribution in [1.29, 1.82) is 0 Å². The third-order valence-corrected chi connectivity index (χ3v) is 9.10. The summed E-state index contributed by atoms with van der Waals surface area (Å²) in [5, 5.41) is 12.5. The summed E-state index contributed by atoms with van der Waals surface area (Å²) in [7, 11) is -3.54. The molecule has 0 bridgehead atoms. The van der Waals surface area contributed by atoms with Crippen molar-refractivity contribution in [3.05, 3.63) is 125 Å². The quantitative estimate of drug-likeness (QED) is 0.170. The van der Waals surface area contributed by atoms with Crippen molar-refractivity contribution in [2.24, 2.45) is 0 Å². The van der Waals surface area contributed by atoms with Crippen LogP contribution in [0.25, 0.3) is 0 Å². The Morgan fingerprint density at radius 1 is 0.943 bits per heavy atom. The summed E-state index contributed by atoms with van der Waals surface area (Å²) >= 11 is 0. The number of nitrogens with zero attached hydrogens (tertiary/aromatic N) is 2. The van der Waals surface area contributed by atoms with Gasteiger partial charge in [0, 0.05) is 34.9 Å². The molecule has 35 heavy (non-hydrogen) atoms. The fraction of sp³-hybridized carbons (Fsp3) is 0.148. The molecule has 0 saturated carbocycles. The molecular formula is C27H25N2O5P. The molecular weight excluding hydrogens is 463 g/mol. The number of rotatable bonds is 9. The van der Waals surface area contributed by atoms with Crippen LogP contribution in [0.2, 0.25) is 0 Å². The van der Waals surface area contributed by atoms with E-state index in [0.29, 0.717) is 22.8 Å². The molecule has 0 N–H and O–H groups in total. The number of hydrogen-bond acceptors (Lipinski definition) is 5. The van der Waals surface area contributed by atoms with Crippen LogP contribution in [-0.2, 0) is 4.57 Å². The molecule has 1 unspecified atom stereocenters. The van der Waals surface area contributed by atoms with Gasteiger partial charge >= 0.3 is 0 Å². The lowest BCUT2D eigenvalue weighted by Crippen LogP contribution is -2.39. The third kappa shape index (κ3) is 4.81. The normalized spacial score (nSPS) is 12.1. The molecule has 4 aromatic rings. The summed E-state index contributed by atoms with van der Waals surface area (Å²) in [6.45, 7) is 2.19. The van der Waals surface area contributed by atoms with E-state index in [9.17, 15) is 14.9 Å². The smallest absolute Gasteiger partial charge is 0.270 e. The van der Waals surface area contributed by atoms with E-state index < -0.39 is 23.8 Å². The number of benzene rings is 3. The Bertz CT molecular complexity index is 1300. The predicted molar refractivity (Wildman–Crippen MR) is 136 cm³/mol. The van der Waals surface area contributed by atoms with Crippen LogP contribution in [0.15, 0.2) is 108 Å². The van der Waals surface area contributed by atoms with E-state index in [0.717, 1.165) is 0 Å². The molecule has 178 valence electrons. The van der Waals surface area contributed by atoms with Crippen LogP contribution in [0.1, 0.15) is 35.2 Å². The summed E-state index contributed by atoms with van der Waals surface area (Å²) in [6.07, 6.45) is 2.08. The molecule has 0 aliphatic heterocycles. The Morgan fingerprint density at radius 2 is 1.57 bits per heavy atom. The van der Waals surface area contributed by atoms with Crippen LogP contribution in [0.3, 0.4) is 0 Å². The van der Waals surface area contributed by atoms with Crippen LogP contribution in [-0.4, -0.2) is 22.3 Å². The van der Waals surface area contributed by atoms with Gasteiger partial charge in [0.25, 0.3) is 11.6 Å². The minimum Gasteiger partial charge on any atom is -0.467 e. The Kier molecular flexibility index (Phi) is 7.28. The second-order valence-electron chi connectivity index (χ2n) is 8.02. The van der Waals surface area contributed by atoms with Gasteiger partial charge in [-0.25, -0.2) is 0 Å². The number of carbonyl (C=O) groups excluding carboxylic acids is 1. The van der Waals surface area contributed by atoms with Gasteiger partial charge in [-0.1, -0.05) is 73.7 Å². The molecule has 1 heterocycles. The number of hydrogen-bond donors (Lipinski definition) is 0. The Morgan fingerprint density at radius 3 is 2.09 bits per heavy atom. The van der Waals surface area contributed by atoms with Crippen molar-refractivity contribution in [2.75, 3.05) is 6.54 Å². The number of nitro groups is 1. The van der Waals surface area contributed by atoms with Crippen molar-refractivity contribution >= 4 is 29.3 Å². The first-order valence-electron chi connectivity index (χ1n) is 11.3. The number of non-ortho nitro benzene ring substituents is 1. The van der Waals surface area contributed by atoms with Crippen molar-refractivity contribution in [1.82, 2.24) is 4.90 Å². The number of furan rings is 1. The van der Waals surface area contributed by atoms with Crippen LogP contribution in [0.4, 0.5) is 5.69 Å². The molecule has 4 rings (SSSR count). The zero-order valence-electron chi connectivity index (χ0n) is 19.2. The molecule has 7 nitrogen and oxygen atoms in total. The van der Waals surface area contributed by atoms with Gasteiger partial charge in [-0.3, -0.25) is 14.9 Å². The molecule has 0 spiro atoms. The Hall–Kier alpha value is -3.96. The molecule has 1 amide bonds. The van der Waals surface area contributed by atoms with Gasteiger partial charge in [-0.15, -0.1) is 0 Å². The summed E-state index contributed by atoms with van der Waals surface area (Å²) in [6, 6.07) is 27.2. The molecule has 8 heteroatoms. The minimum atomic E-state index is -3.54. The first kappa shape index (κ1) is 24.2. The summed E-state index contributed by atoms with van der Waals surface area (Å²) in [5.74, 6) is -1.02. The fourth-order valence-corrected chi connectivity index (χ4v) is 7.40. The predicted octanol–water partition coefficient (Wildman–Crippen LogP) is 5.75. The highest BCUT2D eigenvalue weighted by atomic mass is 31.2. The zero-order chi connectivity index (χ0) is 24.8. The monoisotopic (exact) mass is 488 g/mol. The molecule has 3 aromatic carbocycles. The number of carbonyl (C=O) groups is 1. The third-order valence-electron chi connectivity index (χ3n) is 5.75. The standard InChI is InChI=1S/C27H25N2O5P/c1-2-18-28(26(30)21-11-9-12-22(20-21)29(31)32)27(25-17-10-19-34-25)35(33,23-13-5-3-6-14-23)24-15-7-4-8-16-24/h3-17,19-20,27H,2,18H2,1H3. The lowest BCUT2D eigenvalue weighted by atomic mass is 10.1. The highest BCUT2D eigenvalue weighted by Crippen LogP contribution is 2.59. The van der Waals surface area contributed by atoms with E-state index >= 15 is 4.57 Å². The first-order chi connectivity index (χ1) is 17.0. The number of nitro benzene ring substituents is 1. The van der Waals surface area contributed by atoms with E-state index in [1.165, 1.54) is 35.4 Å². The van der Waals surface area contributed by atoms with E-state index in [2.05, 4.69) is 0 Å². The van der Waals surface area contributed by atoms with E-state index in [1.54, 1.807) is 36.4 Å². The van der Waals surface area contributed by atoms with Gasteiger partial charge in [0.15, 0.2) is 12.9 Å². The summed E-state index contributed by atoms with van der Waals surface area (Å²) < 4.78 is 21.1. The van der Waals surface area contributed by atoms with E-state index in [4.69, 9.17) is 4.42 Å². The lowest BCUT2D eigenvalue weighted by molar-refractivity contribution is -0.384. The van der Waals surface area contributed by atoms with Crippen molar-refractivity contribution < 1.29 is 18.7 Å². The van der Waals surface area contributed by atoms with Crippen LogP contribution in [0, 0.1) is 10.1 Å². The topological polar surface area (TPSA) is 93.7 Å². The van der Waals surface area contributed by atoms with Crippen LogP contribution >= 0.6 is 7.14 Å². The van der Waals surface area contributed by atoms with Gasteiger partial charge in [0.1, 0.15) is 5.76 Å². The summed E-state index contributed by atoms with van der Waals surface area (Å²) in [5.41, 5.74) is -0.0342. The van der Waals surface area contributed by atoms with Crippen molar-refractivity contribution in [3.63, 3.8) is 0 Å². The SMILES string of the molecule is CCCN(C(=O)c1cccc([N+](=O)[O-])c1)C(c1ccco1)P(=O)(c1ccccc1)c1ccccc1. The highest BCUT2D eigenvalue weighted by Gasteiger charge is 2.45. The van der Waals surface area contributed by atoms with Crippen LogP contribution < -0.4 is 10.6 Å². The lowest BCUT2D eigenvalue weighted by Gasteiger charge is -2.36. The van der Waals surface area contributed by atoms with Gasteiger partial charge in [-0.05, 0) is 24.6 Å². The molecule has 0 aliphatic rings. The van der Waals surface area contributed by atoms with Gasteiger partial charge in [-0.2, -0.15) is 0 Å². The molecule has 0 saturated heterocycles. The minimum absolute atomic E-state index is 0.150. The second-order valence-corrected chi connectivity index (χ2v) is 10.9. The maximum absolute atomic E-state index is 15.3. The molecule has 1 aromatic heterocycles. The van der Waals surface area contributed by atoms with E-state index in [1.807, 2.05) is 43.3 Å². The molecule has 1 atom stereocenters. The second kappa shape index (κ2) is 10.5. The summed E-state index contributed by atoms with van der Waals surface area (Å²) in [4.78, 5) is 26.2. The Labute approximate surface area is 203 Å². The van der Waals surface area contributed by atoms with E-state index in [-0.39, 0.29) is 17.8 Å². The maximum atomic E-state index is 15.3. The fourth-order valence-electron chi connectivity index (χ4n) is 4.19. The average Bonchev–Trinajstić information content (AvgIpc) is 3.43. The molecule has 0 aliphatic carbocycles. The average molecular weight is 488 g/mol. The number of amides is 1. The van der Waals surface area contributed by atoms with Crippen LogP contribution in [0.5, 0.6) is 0 Å². The highest BCUT2D eigenvalue weighted by molar-refractivity contribution is 7.79. The molecule has 0 radical (unpaired) electrons. The Balaban J connectivity index is 1.95. The molecule has 0 fully saturated rings. The van der Waals surface area contributed by atoms with Gasteiger partial charge < -0.3 is 13.9 Å². The van der Waals surface area contributed by atoms with Crippen molar-refractivity contribution in [2.45, 2.75) is 19.1 Å². The van der Waals surface area contributed by atoms with Gasteiger partial charge in [0.05, 0.1) is 11.2 Å². The van der Waals surface area contributed by atoms with Crippen molar-refractivity contribution in [3.8, 4) is 0 Å². The largest absolute Gasteiger partial charge is 0.467 e.